The van der Waals surface area contributed by atoms with E-state index in [0.717, 1.165) is 36.4 Å². The molecule has 4 nitrogen and oxygen atoms in total. The Hall–Kier alpha value is -2.34. The minimum absolute atomic E-state index is 0.322. The van der Waals surface area contributed by atoms with Crippen molar-refractivity contribution < 1.29 is 13.9 Å². The second kappa shape index (κ2) is 11.5. The summed E-state index contributed by atoms with van der Waals surface area (Å²) < 4.78 is 25.5. The fraction of sp³-hybridized carbons (Fsp3) is 0.409. The molecule has 0 aromatic heterocycles. The number of anilines is 1. The Morgan fingerprint density at radius 2 is 1.82 bits per heavy atom. The molecule has 0 amide bonds. The van der Waals surface area contributed by atoms with Crippen LogP contribution in [0.3, 0.4) is 0 Å². The lowest BCUT2D eigenvalue weighted by Gasteiger charge is -2.26. The molecule has 0 aliphatic carbocycles. The zero-order valence-electron chi connectivity index (χ0n) is 16.8. The van der Waals surface area contributed by atoms with Gasteiger partial charge >= 0.3 is 0 Å². The highest BCUT2D eigenvalue weighted by Crippen LogP contribution is 2.29. The van der Waals surface area contributed by atoms with Gasteiger partial charge in [0, 0.05) is 13.1 Å². The second-order valence-corrected chi connectivity index (χ2v) is 6.78. The van der Waals surface area contributed by atoms with E-state index in [2.05, 4.69) is 19.2 Å². The molecule has 0 heterocycles. The van der Waals surface area contributed by atoms with E-state index in [1.54, 1.807) is 18.2 Å². The van der Waals surface area contributed by atoms with Gasteiger partial charge in [-0.2, -0.15) is 0 Å². The molecule has 2 rings (SSSR count). The lowest BCUT2D eigenvalue weighted by atomic mass is 10.2. The van der Waals surface area contributed by atoms with Crippen LogP contribution in [0.5, 0.6) is 11.5 Å². The molecular weight excluding hydrogens is 375 g/mol. The Bertz CT molecular complexity index is 770. The van der Waals surface area contributed by atoms with Crippen LogP contribution in [0.1, 0.15) is 39.2 Å². The van der Waals surface area contributed by atoms with Gasteiger partial charge in [0.2, 0.25) is 0 Å². The molecule has 6 heteroatoms. The Kier molecular flexibility index (Phi) is 9.01. The van der Waals surface area contributed by atoms with Crippen LogP contribution in [-0.4, -0.2) is 29.8 Å². The summed E-state index contributed by atoms with van der Waals surface area (Å²) in [6.07, 6.45) is 1.86. The first-order chi connectivity index (χ1) is 13.6. The summed E-state index contributed by atoms with van der Waals surface area (Å²) in [4.78, 5) is 2.03. The number of halogens is 1. The van der Waals surface area contributed by atoms with Crippen molar-refractivity contribution in [2.75, 3.05) is 25.1 Å². The zero-order valence-corrected chi connectivity index (χ0v) is 17.7. The molecule has 0 radical (unpaired) electrons. The van der Waals surface area contributed by atoms with Crippen LogP contribution in [0.4, 0.5) is 10.1 Å². The zero-order chi connectivity index (χ0) is 20.4. The van der Waals surface area contributed by atoms with Gasteiger partial charge in [-0.3, -0.25) is 0 Å². The molecule has 0 fully saturated rings. The average Bonchev–Trinajstić information content (AvgIpc) is 2.69. The van der Waals surface area contributed by atoms with E-state index in [1.807, 2.05) is 30.0 Å². The summed E-state index contributed by atoms with van der Waals surface area (Å²) >= 11 is 5.54. The van der Waals surface area contributed by atoms with E-state index in [0.29, 0.717) is 30.6 Å². The topological polar surface area (TPSA) is 33.7 Å². The first-order valence-corrected chi connectivity index (χ1v) is 10.2. The lowest BCUT2D eigenvalue weighted by Crippen LogP contribution is -2.35. The summed E-state index contributed by atoms with van der Waals surface area (Å²) in [5, 5.41) is 3.52. The molecule has 0 saturated heterocycles. The maximum Gasteiger partial charge on any atom is 0.173 e. The predicted molar refractivity (Wildman–Crippen MR) is 117 cm³/mol. The number of hydrogen-bond donors (Lipinski definition) is 1. The van der Waals surface area contributed by atoms with Crippen molar-refractivity contribution in [3.8, 4) is 11.5 Å². The van der Waals surface area contributed by atoms with Gasteiger partial charge in [-0.25, -0.2) is 4.39 Å². The first-order valence-electron chi connectivity index (χ1n) is 9.78. The second-order valence-electron chi connectivity index (χ2n) is 6.39. The third-order valence-corrected chi connectivity index (χ3v) is 4.40. The van der Waals surface area contributed by atoms with E-state index in [1.165, 1.54) is 6.07 Å². The van der Waals surface area contributed by atoms with Crippen molar-refractivity contribution in [1.82, 2.24) is 4.90 Å². The number of rotatable bonds is 10. The van der Waals surface area contributed by atoms with Crippen LogP contribution in [0.25, 0.3) is 0 Å². The monoisotopic (exact) mass is 404 g/mol. The van der Waals surface area contributed by atoms with Crippen molar-refractivity contribution in [2.24, 2.45) is 0 Å². The smallest absolute Gasteiger partial charge is 0.173 e. The number of thiocarbonyl (C=S) groups is 1. The molecular formula is C22H29FN2O2S. The molecule has 152 valence electrons. The van der Waals surface area contributed by atoms with Crippen LogP contribution in [0, 0.1) is 5.82 Å². The molecule has 0 spiro atoms. The molecule has 2 aromatic carbocycles. The molecule has 28 heavy (non-hydrogen) atoms. The molecule has 0 unspecified atom stereocenters. The Balaban J connectivity index is 2.15. The highest BCUT2D eigenvalue weighted by atomic mass is 32.1. The van der Waals surface area contributed by atoms with Crippen molar-refractivity contribution >= 4 is 23.0 Å². The van der Waals surface area contributed by atoms with Gasteiger partial charge < -0.3 is 19.7 Å². The van der Waals surface area contributed by atoms with Gasteiger partial charge in [0.25, 0.3) is 0 Å². The third kappa shape index (κ3) is 6.37. The molecule has 2 aromatic rings. The normalized spacial score (nSPS) is 10.4. The van der Waals surface area contributed by atoms with Crippen molar-refractivity contribution in [3.63, 3.8) is 0 Å². The first kappa shape index (κ1) is 22.0. The van der Waals surface area contributed by atoms with Crippen molar-refractivity contribution in [3.05, 3.63) is 53.8 Å². The van der Waals surface area contributed by atoms with Crippen LogP contribution in [0.2, 0.25) is 0 Å². The number of hydrogen-bond acceptors (Lipinski definition) is 3. The number of ether oxygens (including phenoxy) is 2. The summed E-state index contributed by atoms with van der Waals surface area (Å²) in [6.45, 7) is 8.69. The maximum atomic E-state index is 13.9. The molecule has 1 N–H and O–H groups in total. The standard InChI is InChI=1S/C22H29FN2O2S/c1-4-13-25(22(28)24-19-10-8-7-9-18(19)23)16-17-11-12-20(27-14-5-2)21(15-17)26-6-3/h7-12,15H,4-6,13-14,16H2,1-3H3,(H,24,28). The van der Waals surface area contributed by atoms with Gasteiger partial charge in [-0.15, -0.1) is 0 Å². The van der Waals surface area contributed by atoms with E-state index in [4.69, 9.17) is 21.7 Å². The van der Waals surface area contributed by atoms with Crippen LogP contribution in [0.15, 0.2) is 42.5 Å². The maximum absolute atomic E-state index is 13.9. The number of para-hydroxylation sites is 1. The highest BCUT2D eigenvalue weighted by Gasteiger charge is 2.14. The minimum atomic E-state index is -0.322. The van der Waals surface area contributed by atoms with Gasteiger partial charge in [0.05, 0.1) is 18.9 Å². The SMILES string of the molecule is CCCOc1ccc(CN(CCC)C(=S)Nc2ccccc2F)cc1OCC. The van der Waals surface area contributed by atoms with Gasteiger partial charge in [0.1, 0.15) is 5.82 Å². The minimum Gasteiger partial charge on any atom is -0.490 e. The third-order valence-electron chi connectivity index (χ3n) is 4.04. The summed E-state index contributed by atoms with van der Waals surface area (Å²) in [5.74, 6) is 1.16. The van der Waals surface area contributed by atoms with Gasteiger partial charge in [-0.1, -0.05) is 32.0 Å². The van der Waals surface area contributed by atoms with E-state index < -0.39 is 0 Å². The average molecular weight is 405 g/mol. The quantitative estimate of drug-likeness (QED) is 0.520. The van der Waals surface area contributed by atoms with E-state index in [9.17, 15) is 4.39 Å². The van der Waals surface area contributed by atoms with Gasteiger partial charge in [0.15, 0.2) is 16.6 Å². The number of nitrogens with one attached hydrogen (secondary N) is 1. The van der Waals surface area contributed by atoms with Crippen LogP contribution < -0.4 is 14.8 Å². The van der Waals surface area contributed by atoms with Crippen LogP contribution >= 0.6 is 12.2 Å². The van der Waals surface area contributed by atoms with Crippen molar-refractivity contribution in [1.29, 1.82) is 0 Å². The van der Waals surface area contributed by atoms with Crippen LogP contribution in [-0.2, 0) is 6.54 Å². The molecule has 0 aliphatic heterocycles. The molecule has 0 aliphatic rings. The Morgan fingerprint density at radius 3 is 2.50 bits per heavy atom. The van der Waals surface area contributed by atoms with E-state index in [-0.39, 0.29) is 5.82 Å². The Morgan fingerprint density at radius 1 is 1.04 bits per heavy atom. The molecule has 0 bridgehead atoms. The molecule has 0 saturated carbocycles. The lowest BCUT2D eigenvalue weighted by molar-refractivity contribution is 0.276. The van der Waals surface area contributed by atoms with Crippen molar-refractivity contribution in [2.45, 2.75) is 40.2 Å². The highest BCUT2D eigenvalue weighted by molar-refractivity contribution is 7.80. The summed E-state index contributed by atoms with van der Waals surface area (Å²) in [6, 6.07) is 12.5. The predicted octanol–water partition coefficient (Wildman–Crippen LogP) is 5.62. The fourth-order valence-electron chi connectivity index (χ4n) is 2.75. The number of benzene rings is 2. The Labute approximate surface area is 172 Å². The largest absolute Gasteiger partial charge is 0.490 e. The number of nitrogens with zero attached hydrogens (tertiary/aromatic N) is 1. The van der Waals surface area contributed by atoms with E-state index >= 15 is 0 Å². The fourth-order valence-corrected chi connectivity index (χ4v) is 3.02. The van der Waals surface area contributed by atoms with Gasteiger partial charge in [-0.05, 0) is 61.8 Å². The summed E-state index contributed by atoms with van der Waals surface area (Å²) in [7, 11) is 0. The summed E-state index contributed by atoms with van der Waals surface area (Å²) in [5.41, 5.74) is 1.44. The molecule has 0 atom stereocenters.